The van der Waals surface area contributed by atoms with E-state index in [1.54, 1.807) is 5.57 Å². The number of hydrogen-bond acceptors (Lipinski definition) is 1. The predicted octanol–water partition coefficient (Wildman–Crippen LogP) is 3.70. The molecule has 2 rings (SSSR count). The average Bonchev–Trinajstić information content (AvgIpc) is 2.26. The molecule has 1 nitrogen and oxygen atoms in total. The molecule has 0 aromatic rings. The molecule has 0 amide bonds. The van der Waals surface area contributed by atoms with E-state index in [-0.39, 0.29) is 5.41 Å². The highest BCUT2D eigenvalue weighted by Gasteiger charge is 2.43. The van der Waals surface area contributed by atoms with Gasteiger partial charge in [0.1, 0.15) is 0 Å². The molecule has 1 saturated carbocycles. The summed E-state index contributed by atoms with van der Waals surface area (Å²) in [5, 5.41) is 9.57. The van der Waals surface area contributed by atoms with Gasteiger partial charge in [0.25, 0.3) is 0 Å². The summed E-state index contributed by atoms with van der Waals surface area (Å²) in [6, 6.07) is 0. The highest BCUT2D eigenvalue weighted by Crippen LogP contribution is 2.53. The Labute approximate surface area is 99.3 Å². The topological polar surface area (TPSA) is 20.2 Å². The quantitative estimate of drug-likeness (QED) is 0.704. The van der Waals surface area contributed by atoms with E-state index in [9.17, 15) is 5.11 Å². The minimum atomic E-state index is 0.245. The van der Waals surface area contributed by atoms with Gasteiger partial charge in [-0.25, -0.2) is 0 Å². The number of hydrogen-bond donors (Lipinski definition) is 1. The monoisotopic (exact) mass is 220 g/mol. The first-order valence-electron chi connectivity index (χ1n) is 6.53. The molecular formula is C15H24O. The second-order valence-electron chi connectivity index (χ2n) is 5.89. The second-order valence-corrected chi connectivity index (χ2v) is 5.89. The average molecular weight is 220 g/mol. The van der Waals surface area contributed by atoms with Gasteiger partial charge in [-0.05, 0) is 56.3 Å². The van der Waals surface area contributed by atoms with Gasteiger partial charge in [-0.15, -0.1) is 0 Å². The Morgan fingerprint density at radius 3 is 2.94 bits per heavy atom. The number of aliphatic hydroxyl groups is 1. The van der Waals surface area contributed by atoms with Crippen LogP contribution in [-0.2, 0) is 0 Å². The highest BCUT2D eigenvalue weighted by atomic mass is 16.3. The van der Waals surface area contributed by atoms with Gasteiger partial charge in [0.15, 0.2) is 0 Å². The molecule has 0 aliphatic heterocycles. The molecule has 90 valence electrons. The Hall–Kier alpha value is -0.560. The van der Waals surface area contributed by atoms with Crippen LogP contribution in [0.2, 0.25) is 0 Å². The number of rotatable bonds is 2. The van der Waals surface area contributed by atoms with Gasteiger partial charge in [0.05, 0.1) is 0 Å². The molecule has 0 radical (unpaired) electrons. The van der Waals surface area contributed by atoms with Gasteiger partial charge in [-0.3, -0.25) is 0 Å². The summed E-state index contributed by atoms with van der Waals surface area (Å²) in [6.07, 6.45) is 8.41. The van der Waals surface area contributed by atoms with Crippen molar-refractivity contribution in [2.45, 2.75) is 46.0 Å². The Bertz CT molecular complexity index is 315. The number of fused-ring (bicyclic) bond motifs is 1. The Morgan fingerprint density at radius 1 is 1.56 bits per heavy atom. The third kappa shape index (κ3) is 1.86. The van der Waals surface area contributed by atoms with Crippen LogP contribution >= 0.6 is 0 Å². The smallest absolute Gasteiger partial charge is 0.0467 e. The van der Waals surface area contributed by atoms with E-state index >= 15 is 0 Å². The van der Waals surface area contributed by atoms with Crippen LogP contribution in [0.3, 0.4) is 0 Å². The van der Waals surface area contributed by atoms with Gasteiger partial charge in [-0.1, -0.05) is 30.7 Å². The lowest BCUT2D eigenvalue weighted by Crippen LogP contribution is -2.39. The van der Waals surface area contributed by atoms with E-state index in [0.29, 0.717) is 18.4 Å². The summed E-state index contributed by atoms with van der Waals surface area (Å²) in [4.78, 5) is 0. The first-order chi connectivity index (χ1) is 7.58. The normalized spacial score (nSPS) is 38.8. The minimum Gasteiger partial charge on any atom is -0.396 e. The number of aliphatic hydroxyl groups excluding tert-OH is 1. The lowest BCUT2D eigenvalue weighted by atomic mass is 9.57. The van der Waals surface area contributed by atoms with Crippen LogP contribution in [-0.4, -0.2) is 11.7 Å². The highest BCUT2D eigenvalue weighted by molar-refractivity contribution is 5.23. The summed E-state index contributed by atoms with van der Waals surface area (Å²) in [7, 11) is 0. The molecule has 16 heavy (non-hydrogen) atoms. The standard InChI is InChI=1S/C15H24O/c1-11(2)12-7-8-13-5-4-6-14(10-16)15(13,3)9-12/h5,12,14,16H,1,4,6-10H2,2-3H3. The van der Waals surface area contributed by atoms with Crippen molar-refractivity contribution in [3.05, 3.63) is 23.8 Å². The Kier molecular flexibility index (Phi) is 3.25. The fourth-order valence-electron chi connectivity index (χ4n) is 3.62. The van der Waals surface area contributed by atoms with E-state index in [0.717, 1.165) is 12.8 Å². The fraction of sp³-hybridized carbons (Fsp3) is 0.733. The third-order valence-corrected chi connectivity index (χ3v) is 4.89. The molecule has 0 aromatic heterocycles. The summed E-state index contributed by atoms with van der Waals surface area (Å²) in [5.41, 5.74) is 3.17. The lowest BCUT2D eigenvalue weighted by molar-refractivity contribution is 0.0793. The van der Waals surface area contributed by atoms with Crippen molar-refractivity contribution < 1.29 is 5.11 Å². The summed E-state index contributed by atoms with van der Waals surface area (Å²) >= 11 is 0. The zero-order valence-corrected chi connectivity index (χ0v) is 10.6. The van der Waals surface area contributed by atoms with Crippen LogP contribution in [0.5, 0.6) is 0 Å². The number of allylic oxidation sites excluding steroid dienone is 3. The van der Waals surface area contributed by atoms with Crippen molar-refractivity contribution in [1.29, 1.82) is 0 Å². The van der Waals surface area contributed by atoms with Crippen molar-refractivity contribution in [2.75, 3.05) is 6.61 Å². The van der Waals surface area contributed by atoms with Gasteiger partial charge in [0, 0.05) is 6.61 Å². The summed E-state index contributed by atoms with van der Waals surface area (Å²) in [6.45, 7) is 8.97. The summed E-state index contributed by atoms with van der Waals surface area (Å²) < 4.78 is 0. The van der Waals surface area contributed by atoms with Crippen LogP contribution < -0.4 is 0 Å². The zero-order chi connectivity index (χ0) is 11.8. The van der Waals surface area contributed by atoms with E-state index in [4.69, 9.17) is 0 Å². The van der Waals surface area contributed by atoms with Crippen LogP contribution in [0, 0.1) is 17.3 Å². The summed E-state index contributed by atoms with van der Waals surface area (Å²) in [5.74, 6) is 1.13. The van der Waals surface area contributed by atoms with E-state index in [1.807, 2.05) is 0 Å². The molecule has 2 aliphatic rings. The van der Waals surface area contributed by atoms with Gasteiger partial charge in [-0.2, -0.15) is 0 Å². The first-order valence-corrected chi connectivity index (χ1v) is 6.53. The predicted molar refractivity (Wildman–Crippen MR) is 68.2 cm³/mol. The molecule has 3 atom stereocenters. The maximum absolute atomic E-state index is 9.57. The molecule has 3 unspecified atom stereocenters. The Morgan fingerprint density at radius 2 is 2.31 bits per heavy atom. The lowest BCUT2D eigenvalue weighted by Gasteiger charge is -2.48. The first kappa shape index (κ1) is 11.9. The van der Waals surface area contributed by atoms with Crippen LogP contribution in [0.25, 0.3) is 0 Å². The van der Waals surface area contributed by atoms with Crippen molar-refractivity contribution in [1.82, 2.24) is 0 Å². The maximum atomic E-state index is 9.57. The van der Waals surface area contributed by atoms with Crippen molar-refractivity contribution >= 4 is 0 Å². The van der Waals surface area contributed by atoms with Crippen LogP contribution in [0.15, 0.2) is 23.8 Å². The minimum absolute atomic E-state index is 0.245. The molecule has 1 heteroatoms. The SMILES string of the molecule is C=C(C)C1CCC2=CCCC(CO)C2(C)C1. The molecule has 0 spiro atoms. The van der Waals surface area contributed by atoms with Crippen molar-refractivity contribution in [2.24, 2.45) is 17.3 Å². The van der Waals surface area contributed by atoms with Gasteiger partial charge < -0.3 is 5.11 Å². The second kappa shape index (κ2) is 4.37. The van der Waals surface area contributed by atoms with E-state index in [1.165, 1.54) is 24.8 Å². The molecular weight excluding hydrogens is 196 g/mol. The van der Waals surface area contributed by atoms with Gasteiger partial charge in [0.2, 0.25) is 0 Å². The van der Waals surface area contributed by atoms with E-state index in [2.05, 4.69) is 26.5 Å². The molecule has 0 saturated heterocycles. The maximum Gasteiger partial charge on any atom is 0.0467 e. The third-order valence-electron chi connectivity index (χ3n) is 4.89. The Balaban J connectivity index is 2.24. The zero-order valence-electron chi connectivity index (χ0n) is 10.6. The molecule has 0 bridgehead atoms. The molecule has 0 aromatic carbocycles. The molecule has 1 N–H and O–H groups in total. The molecule has 1 fully saturated rings. The molecule has 2 aliphatic carbocycles. The molecule has 0 heterocycles. The van der Waals surface area contributed by atoms with Crippen molar-refractivity contribution in [3.8, 4) is 0 Å². The van der Waals surface area contributed by atoms with Gasteiger partial charge >= 0.3 is 0 Å². The van der Waals surface area contributed by atoms with E-state index < -0.39 is 0 Å². The van der Waals surface area contributed by atoms with Crippen LogP contribution in [0.1, 0.15) is 46.0 Å². The van der Waals surface area contributed by atoms with Crippen LogP contribution in [0.4, 0.5) is 0 Å². The fourth-order valence-corrected chi connectivity index (χ4v) is 3.62. The van der Waals surface area contributed by atoms with Crippen molar-refractivity contribution in [3.63, 3.8) is 0 Å². The largest absolute Gasteiger partial charge is 0.396 e.